The monoisotopic (exact) mass is 134 g/mol. The maximum absolute atomic E-state index is 5.42. The smallest absolute Gasteiger partial charge is 0.140 e. The molecule has 4 nitrogen and oxygen atoms in total. The van der Waals surface area contributed by atoms with Gasteiger partial charge in [-0.2, -0.15) is 0 Å². The molecule has 0 radical (unpaired) electrons. The summed E-state index contributed by atoms with van der Waals surface area (Å²) in [4.78, 5) is 7.81. The summed E-state index contributed by atoms with van der Waals surface area (Å²) in [5, 5.41) is 0. The maximum Gasteiger partial charge on any atom is 0.140 e. The second-order valence-electron chi connectivity index (χ2n) is 2.04. The van der Waals surface area contributed by atoms with E-state index in [9.17, 15) is 0 Å². The average Bonchev–Trinajstić information content (AvgIpc) is 2.33. The minimum atomic E-state index is 0.505. The Balaban J connectivity index is 2.86. The maximum atomic E-state index is 5.42. The normalized spacial score (nSPS) is 10.4. The van der Waals surface area contributed by atoms with E-state index in [0.29, 0.717) is 5.82 Å². The standard InChI is InChI=1S/C6H6N4/c7-6-3-10-4-8-1-5(10)2-9-6/h1-4H,7H2. The molecule has 2 aromatic rings. The second kappa shape index (κ2) is 1.70. The van der Waals surface area contributed by atoms with E-state index in [1.54, 1.807) is 24.9 Å². The molecule has 50 valence electrons. The lowest BCUT2D eigenvalue weighted by Gasteiger charge is -1.92. The van der Waals surface area contributed by atoms with Crippen molar-refractivity contribution < 1.29 is 0 Å². The number of nitrogens with zero attached hydrogens (tertiary/aromatic N) is 3. The number of hydrogen-bond acceptors (Lipinski definition) is 3. The number of fused-ring (bicyclic) bond motifs is 1. The molecular formula is C6H6N4. The molecule has 0 atom stereocenters. The third-order valence-electron chi connectivity index (χ3n) is 1.31. The summed E-state index contributed by atoms with van der Waals surface area (Å²) in [6, 6.07) is 0. The molecule has 0 bridgehead atoms. The number of anilines is 1. The number of rotatable bonds is 0. The van der Waals surface area contributed by atoms with Crippen molar-refractivity contribution in [3.63, 3.8) is 0 Å². The summed E-state index contributed by atoms with van der Waals surface area (Å²) in [6.45, 7) is 0. The van der Waals surface area contributed by atoms with Crippen LogP contribution in [0.5, 0.6) is 0 Å². The zero-order valence-electron chi connectivity index (χ0n) is 5.23. The van der Waals surface area contributed by atoms with Crippen LogP contribution in [0.1, 0.15) is 0 Å². The third-order valence-corrected chi connectivity index (χ3v) is 1.31. The minimum Gasteiger partial charge on any atom is -0.382 e. The number of nitrogens with two attached hydrogens (primary N) is 1. The summed E-state index contributed by atoms with van der Waals surface area (Å²) in [7, 11) is 0. The van der Waals surface area contributed by atoms with E-state index >= 15 is 0 Å². The van der Waals surface area contributed by atoms with Crippen molar-refractivity contribution in [3.8, 4) is 0 Å². The van der Waals surface area contributed by atoms with E-state index in [1.807, 2.05) is 4.40 Å². The van der Waals surface area contributed by atoms with Gasteiger partial charge in [-0.15, -0.1) is 0 Å². The van der Waals surface area contributed by atoms with Crippen molar-refractivity contribution in [2.75, 3.05) is 5.73 Å². The Morgan fingerprint density at radius 2 is 2.30 bits per heavy atom. The first-order valence-electron chi connectivity index (χ1n) is 2.89. The molecule has 0 aliphatic rings. The molecule has 0 aliphatic carbocycles. The molecule has 0 saturated heterocycles. The van der Waals surface area contributed by atoms with Crippen LogP contribution in [-0.2, 0) is 0 Å². The van der Waals surface area contributed by atoms with Crippen LogP contribution in [0.4, 0.5) is 5.82 Å². The lowest BCUT2D eigenvalue weighted by Crippen LogP contribution is -1.92. The van der Waals surface area contributed by atoms with Gasteiger partial charge in [0.05, 0.1) is 30.4 Å². The Bertz CT molecular complexity index is 351. The van der Waals surface area contributed by atoms with Crippen molar-refractivity contribution in [1.82, 2.24) is 14.4 Å². The van der Waals surface area contributed by atoms with Gasteiger partial charge in [0.1, 0.15) is 5.82 Å². The number of hydrogen-bond donors (Lipinski definition) is 1. The first-order valence-corrected chi connectivity index (χ1v) is 2.89. The molecule has 0 aromatic carbocycles. The highest BCUT2D eigenvalue weighted by molar-refractivity contribution is 5.44. The molecule has 0 aliphatic heterocycles. The largest absolute Gasteiger partial charge is 0.382 e. The molecule has 0 saturated carbocycles. The van der Waals surface area contributed by atoms with Gasteiger partial charge in [0.25, 0.3) is 0 Å². The number of nitrogen functional groups attached to an aromatic ring is 1. The Labute approximate surface area is 57.3 Å². The SMILES string of the molecule is Nc1cn2cncc2cn1. The van der Waals surface area contributed by atoms with Crippen LogP contribution in [-0.4, -0.2) is 14.4 Å². The Hall–Kier alpha value is -1.58. The molecule has 0 amide bonds. The van der Waals surface area contributed by atoms with Crippen molar-refractivity contribution in [2.24, 2.45) is 0 Å². The van der Waals surface area contributed by atoms with Gasteiger partial charge < -0.3 is 10.1 Å². The fourth-order valence-corrected chi connectivity index (χ4v) is 0.839. The lowest BCUT2D eigenvalue weighted by atomic mass is 10.6. The first-order chi connectivity index (χ1) is 4.86. The van der Waals surface area contributed by atoms with E-state index < -0.39 is 0 Å². The highest BCUT2D eigenvalue weighted by Gasteiger charge is 1.91. The summed E-state index contributed by atoms with van der Waals surface area (Å²) < 4.78 is 1.82. The van der Waals surface area contributed by atoms with E-state index in [0.717, 1.165) is 5.52 Å². The highest BCUT2D eigenvalue weighted by Crippen LogP contribution is 2.01. The predicted octanol–water partition coefficient (Wildman–Crippen LogP) is 0.312. The average molecular weight is 134 g/mol. The highest BCUT2D eigenvalue weighted by atomic mass is 15.0. The van der Waals surface area contributed by atoms with E-state index in [-0.39, 0.29) is 0 Å². The third kappa shape index (κ3) is 0.621. The first kappa shape index (κ1) is 5.22. The summed E-state index contributed by atoms with van der Waals surface area (Å²) in [6.07, 6.45) is 6.82. The van der Waals surface area contributed by atoms with Crippen molar-refractivity contribution in [2.45, 2.75) is 0 Å². The molecule has 2 rings (SSSR count). The fraction of sp³-hybridized carbons (Fsp3) is 0. The van der Waals surface area contributed by atoms with Crippen LogP contribution < -0.4 is 5.73 Å². The molecule has 0 spiro atoms. The van der Waals surface area contributed by atoms with Crippen molar-refractivity contribution >= 4 is 11.3 Å². The van der Waals surface area contributed by atoms with Gasteiger partial charge >= 0.3 is 0 Å². The van der Waals surface area contributed by atoms with Gasteiger partial charge in [-0.05, 0) is 0 Å². The lowest BCUT2D eigenvalue weighted by molar-refractivity contribution is 1.12. The number of aromatic nitrogens is 3. The van der Waals surface area contributed by atoms with E-state index in [4.69, 9.17) is 5.73 Å². The summed E-state index contributed by atoms with van der Waals surface area (Å²) >= 11 is 0. The zero-order valence-corrected chi connectivity index (χ0v) is 5.23. The van der Waals surface area contributed by atoms with Gasteiger partial charge in [0.2, 0.25) is 0 Å². The van der Waals surface area contributed by atoms with Crippen LogP contribution in [0, 0.1) is 0 Å². The van der Waals surface area contributed by atoms with Crippen molar-refractivity contribution in [3.05, 3.63) is 24.9 Å². The minimum absolute atomic E-state index is 0.505. The van der Waals surface area contributed by atoms with E-state index in [1.165, 1.54) is 0 Å². The Kier molecular flexibility index (Phi) is 0.887. The van der Waals surface area contributed by atoms with Gasteiger partial charge in [0, 0.05) is 0 Å². The van der Waals surface area contributed by atoms with Crippen LogP contribution in [0.2, 0.25) is 0 Å². The molecule has 2 aromatic heterocycles. The Morgan fingerprint density at radius 3 is 3.20 bits per heavy atom. The topological polar surface area (TPSA) is 56.2 Å². The zero-order chi connectivity index (χ0) is 6.97. The summed E-state index contributed by atoms with van der Waals surface area (Å²) in [5.74, 6) is 0.505. The molecule has 10 heavy (non-hydrogen) atoms. The van der Waals surface area contributed by atoms with Gasteiger partial charge in [-0.1, -0.05) is 0 Å². The quantitative estimate of drug-likeness (QED) is 0.564. The van der Waals surface area contributed by atoms with Crippen molar-refractivity contribution in [1.29, 1.82) is 0 Å². The molecule has 4 heteroatoms. The number of imidazole rings is 1. The molecule has 0 fully saturated rings. The van der Waals surface area contributed by atoms with Crippen LogP contribution >= 0.6 is 0 Å². The molecular weight excluding hydrogens is 128 g/mol. The molecule has 2 heterocycles. The fourth-order valence-electron chi connectivity index (χ4n) is 0.839. The summed E-state index contributed by atoms with van der Waals surface area (Å²) in [5.41, 5.74) is 6.38. The van der Waals surface area contributed by atoms with Crippen LogP contribution in [0.3, 0.4) is 0 Å². The van der Waals surface area contributed by atoms with Gasteiger partial charge in [-0.25, -0.2) is 9.97 Å². The van der Waals surface area contributed by atoms with Gasteiger partial charge in [-0.3, -0.25) is 0 Å². The van der Waals surface area contributed by atoms with Crippen LogP contribution in [0.15, 0.2) is 24.9 Å². The predicted molar refractivity (Wildman–Crippen MR) is 37.4 cm³/mol. The Morgan fingerprint density at radius 1 is 1.40 bits per heavy atom. The second-order valence-corrected chi connectivity index (χ2v) is 2.04. The van der Waals surface area contributed by atoms with E-state index in [2.05, 4.69) is 9.97 Å². The van der Waals surface area contributed by atoms with Gasteiger partial charge in [0.15, 0.2) is 0 Å². The van der Waals surface area contributed by atoms with Crippen LogP contribution in [0.25, 0.3) is 5.52 Å². The molecule has 2 N–H and O–H groups in total. The molecule has 0 unspecified atom stereocenters.